The smallest absolute Gasteiger partial charge is 0.335 e. The Bertz CT molecular complexity index is 1180. The molecule has 32 heavy (non-hydrogen) atoms. The zero-order valence-electron chi connectivity index (χ0n) is 16.9. The molecule has 0 bridgehead atoms. The van der Waals surface area contributed by atoms with Gasteiger partial charge in [-0.1, -0.05) is 17.7 Å². The summed E-state index contributed by atoms with van der Waals surface area (Å²) in [6.07, 6.45) is 1.31. The maximum absolute atomic E-state index is 13.1. The fourth-order valence-corrected chi connectivity index (χ4v) is 3.73. The summed E-state index contributed by atoms with van der Waals surface area (Å²) in [6, 6.07) is 6.95. The van der Waals surface area contributed by atoms with E-state index in [-0.39, 0.29) is 29.4 Å². The second kappa shape index (κ2) is 9.41. The molecule has 3 N–H and O–H groups in total. The SMILES string of the molecule is COc1cc(/C=C2\C(=O)NC(=O)N(c3cccc(Cl)c3C)C2=O)cc(Br)c1OCC(N)=O. The molecule has 1 aliphatic rings. The third-order valence-corrected chi connectivity index (χ3v) is 5.50. The summed E-state index contributed by atoms with van der Waals surface area (Å²) in [5.41, 5.74) is 5.99. The molecular formula is C21H17BrClN3O6. The highest BCUT2D eigenvalue weighted by Crippen LogP contribution is 2.37. The topological polar surface area (TPSA) is 128 Å². The summed E-state index contributed by atoms with van der Waals surface area (Å²) in [4.78, 5) is 49.8. The molecule has 1 aliphatic heterocycles. The predicted molar refractivity (Wildman–Crippen MR) is 121 cm³/mol. The minimum absolute atomic E-state index is 0.222. The van der Waals surface area contributed by atoms with Crippen molar-refractivity contribution in [1.29, 1.82) is 0 Å². The van der Waals surface area contributed by atoms with Gasteiger partial charge < -0.3 is 15.2 Å². The Labute approximate surface area is 196 Å². The molecule has 11 heteroatoms. The molecule has 0 aromatic heterocycles. The molecule has 2 aromatic rings. The average molecular weight is 523 g/mol. The number of rotatable bonds is 6. The van der Waals surface area contributed by atoms with E-state index in [9.17, 15) is 19.2 Å². The number of nitrogens with one attached hydrogen (secondary N) is 1. The molecule has 1 heterocycles. The summed E-state index contributed by atoms with van der Waals surface area (Å²) in [7, 11) is 1.39. The van der Waals surface area contributed by atoms with Crippen LogP contribution in [0.3, 0.4) is 0 Å². The number of carbonyl (C=O) groups excluding carboxylic acids is 4. The van der Waals surface area contributed by atoms with Crippen LogP contribution in [0.5, 0.6) is 11.5 Å². The lowest BCUT2D eigenvalue weighted by molar-refractivity contribution is -0.123. The number of carbonyl (C=O) groups is 4. The summed E-state index contributed by atoms with van der Waals surface area (Å²) in [6.45, 7) is 1.29. The van der Waals surface area contributed by atoms with Gasteiger partial charge in [0.15, 0.2) is 18.1 Å². The van der Waals surface area contributed by atoms with Crippen LogP contribution in [0.2, 0.25) is 5.02 Å². The van der Waals surface area contributed by atoms with Gasteiger partial charge in [-0.05, 0) is 64.3 Å². The normalized spacial score (nSPS) is 15.1. The average Bonchev–Trinajstić information content (AvgIpc) is 2.72. The first-order valence-corrected chi connectivity index (χ1v) is 10.3. The van der Waals surface area contributed by atoms with Gasteiger partial charge in [-0.3, -0.25) is 19.7 Å². The number of barbiturate groups is 1. The number of halogens is 2. The van der Waals surface area contributed by atoms with Crippen LogP contribution in [0, 0.1) is 6.92 Å². The van der Waals surface area contributed by atoms with Crippen molar-refractivity contribution < 1.29 is 28.7 Å². The van der Waals surface area contributed by atoms with E-state index in [0.717, 1.165) is 4.90 Å². The van der Waals surface area contributed by atoms with Gasteiger partial charge in [0.05, 0.1) is 17.3 Å². The Balaban J connectivity index is 2.03. The van der Waals surface area contributed by atoms with E-state index in [1.165, 1.54) is 19.3 Å². The van der Waals surface area contributed by atoms with Crippen molar-refractivity contribution in [3.8, 4) is 11.5 Å². The molecule has 1 fully saturated rings. The van der Waals surface area contributed by atoms with Crippen LogP contribution in [0.15, 0.2) is 40.4 Å². The number of hydrogen-bond acceptors (Lipinski definition) is 6. The Morgan fingerprint density at radius 1 is 1.28 bits per heavy atom. The first-order valence-electron chi connectivity index (χ1n) is 9.09. The van der Waals surface area contributed by atoms with E-state index >= 15 is 0 Å². The highest BCUT2D eigenvalue weighted by Gasteiger charge is 2.37. The monoisotopic (exact) mass is 521 g/mol. The number of nitrogens with zero attached hydrogens (tertiary/aromatic N) is 1. The van der Waals surface area contributed by atoms with Gasteiger partial charge in [0.1, 0.15) is 5.57 Å². The molecule has 2 aromatic carbocycles. The number of urea groups is 1. The number of hydrogen-bond donors (Lipinski definition) is 2. The van der Waals surface area contributed by atoms with Crippen molar-refractivity contribution in [1.82, 2.24) is 5.32 Å². The number of ether oxygens (including phenoxy) is 2. The number of primary amides is 1. The Kier molecular flexibility index (Phi) is 6.85. The first-order chi connectivity index (χ1) is 15.1. The number of amides is 5. The summed E-state index contributed by atoms with van der Waals surface area (Å²) < 4.78 is 11.0. The van der Waals surface area contributed by atoms with Gasteiger partial charge in [-0.15, -0.1) is 0 Å². The molecule has 9 nitrogen and oxygen atoms in total. The van der Waals surface area contributed by atoms with Gasteiger partial charge in [-0.25, -0.2) is 9.69 Å². The van der Waals surface area contributed by atoms with E-state index in [1.807, 2.05) is 0 Å². The van der Waals surface area contributed by atoms with Gasteiger partial charge in [0.2, 0.25) is 0 Å². The maximum atomic E-state index is 13.1. The molecule has 0 saturated carbocycles. The first kappa shape index (κ1) is 23.3. The summed E-state index contributed by atoms with van der Waals surface area (Å²) in [5.74, 6) is -1.88. The molecular weight excluding hydrogens is 506 g/mol. The van der Waals surface area contributed by atoms with Crippen molar-refractivity contribution >= 4 is 63.0 Å². The molecule has 0 atom stereocenters. The van der Waals surface area contributed by atoms with Crippen LogP contribution in [0.4, 0.5) is 10.5 Å². The molecule has 1 saturated heterocycles. The number of nitrogens with two attached hydrogens (primary N) is 1. The zero-order chi connectivity index (χ0) is 23.6. The van der Waals surface area contributed by atoms with Crippen molar-refractivity contribution in [2.24, 2.45) is 5.73 Å². The van der Waals surface area contributed by atoms with Gasteiger partial charge in [0.25, 0.3) is 17.7 Å². The molecule has 166 valence electrons. The molecule has 0 radical (unpaired) electrons. The largest absolute Gasteiger partial charge is 0.493 e. The lowest BCUT2D eigenvalue weighted by Crippen LogP contribution is -2.54. The van der Waals surface area contributed by atoms with Gasteiger partial charge in [-0.2, -0.15) is 0 Å². The van der Waals surface area contributed by atoms with Gasteiger partial charge in [0, 0.05) is 5.02 Å². The molecule has 5 amide bonds. The van der Waals surface area contributed by atoms with Crippen LogP contribution in [0.1, 0.15) is 11.1 Å². The number of methoxy groups -OCH3 is 1. The molecule has 0 aliphatic carbocycles. The predicted octanol–water partition coefficient (Wildman–Crippen LogP) is 2.95. The van der Waals surface area contributed by atoms with E-state index in [4.69, 9.17) is 26.8 Å². The third kappa shape index (κ3) is 4.61. The van der Waals surface area contributed by atoms with Crippen LogP contribution in [0.25, 0.3) is 6.08 Å². The fourth-order valence-electron chi connectivity index (χ4n) is 2.99. The van der Waals surface area contributed by atoms with Crippen molar-refractivity contribution in [3.63, 3.8) is 0 Å². The number of benzene rings is 2. The zero-order valence-corrected chi connectivity index (χ0v) is 19.2. The van der Waals surface area contributed by atoms with E-state index in [2.05, 4.69) is 21.2 Å². The van der Waals surface area contributed by atoms with Crippen LogP contribution < -0.4 is 25.4 Å². The van der Waals surface area contributed by atoms with E-state index in [1.54, 1.807) is 31.2 Å². The quantitative estimate of drug-likeness (QED) is 0.443. The molecule has 0 spiro atoms. The second-order valence-electron chi connectivity index (χ2n) is 6.63. The minimum atomic E-state index is -0.878. The summed E-state index contributed by atoms with van der Waals surface area (Å²) in [5, 5.41) is 2.53. The Hall–Kier alpha value is -3.37. The second-order valence-corrected chi connectivity index (χ2v) is 7.89. The maximum Gasteiger partial charge on any atom is 0.335 e. The fraction of sp³-hybridized carbons (Fsp3) is 0.143. The highest BCUT2D eigenvalue weighted by molar-refractivity contribution is 9.10. The third-order valence-electron chi connectivity index (χ3n) is 4.50. The highest BCUT2D eigenvalue weighted by atomic mass is 79.9. The van der Waals surface area contributed by atoms with E-state index in [0.29, 0.717) is 20.6 Å². The minimum Gasteiger partial charge on any atom is -0.493 e. The summed E-state index contributed by atoms with van der Waals surface area (Å²) >= 11 is 9.43. The number of anilines is 1. The molecule has 3 rings (SSSR count). The molecule has 0 unspecified atom stereocenters. The lowest BCUT2D eigenvalue weighted by atomic mass is 10.1. The van der Waals surface area contributed by atoms with Crippen LogP contribution in [-0.2, 0) is 14.4 Å². The van der Waals surface area contributed by atoms with Crippen LogP contribution in [-0.4, -0.2) is 37.5 Å². The van der Waals surface area contributed by atoms with E-state index < -0.39 is 23.8 Å². The number of imide groups is 2. The van der Waals surface area contributed by atoms with Gasteiger partial charge >= 0.3 is 6.03 Å². The lowest BCUT2D eigenvalue weighted by Gasteiger charge is -2.27. The van der Waals surface area contributed by atoms with Crippen LogP contribution >= 0.6 is 27.5 Å². The van der Waals surface area contributed by atoms with Crippen molar-refractivity contribution in [3.05, 3.63) is 56.5 Å². The van der Waals surface area contributed by atoms with Crippen molar-refractivity contribution in [2.45, 2.75) is 6.92 Å². The Morgan fingerprint density at radius 3 is 2.66 bits per heavy atom. The van der Waals surface area contributed by atoms with Crippen molar-refractivity contribution in [2.75, 3.05) is 18.6 Å². The Morgan fingerprint density at radius 2 is 2.00 bits per heavy atom. The standard InChI is InChI=1S/C21H17BrClN3O6/c1-10-14(23)4-3-5-15(10)26-20(29)12(19(28)25-21(26)30)6-11-7-13(22)18(16(8-11)31-2)32-9-17(24)27/h3-8H,9H2,1-2H3,(H2,24,27)(H,25,28,30)/b12-6+.